The van der Waals surface area contributed by atoms with Crippen molar-refractivity contribution < 1.29 is 9.90 Å². The van der Waals surface area contributed by atoms with Gasteiger partial charge in [-0.1, -0.05) is 27.7 Å². The van der Waals surface area contributed by atoms with Crippen LogP contribution in [-0.2, 0) is 7.05 Å². The molecule has 0 aliphatic rings. The van der Waals surface area contributed by atoms with Crippen LogP contribution in [0.3, 0.4) is 0 Å². The molecule has 0 spiro atoms. The minimum atomic E-state index is -1.06. The van der Waals surface area contributed by atoms with Crippen molar-refractivity contribution in [1.82, 2.24) is 14.8 Å². The molecule has 1 heterocycles. The van der Waals surface area contributed by atoms with Crippen LogP contribution in [0, 0.1) is 0 Å². The normalized spacial score (nSPS) is 10.5. The number of carboxylic acid groups (broad SMARTS) is 1. The van der Waals surface area contributed by atoms with Crippen LogP contribution < -0.4 is 11.1 Å². The third kappa shape index (κ3) is 3.17. The Labute approximate surface area is 124 Å². The molecule has 0 radical (unpaired) electrons. The van der Waals surface area contributed by atoms with Crippen LogP contribution in [-0.4, -0.2) is 25.8 Å². The first kappa shape index (κ1) is 14.5. The lowest BCUT2D eigenvalue weighted by Crippen LogP contribution is -2.33. The van der Waals surface area contributed by atoms with E-state index in [-0.39, 0.29) is 10.7 Å². The molecule has 0 aliphatic carbocycles. The van der Waals surface area contributed by atoms with E-state index in [1.165, 1.54) is 23.9 Å². The van der Waals surface area contributed by atoms with Gasteiger partial charge in [-0.15, -0.1) is 0 Å². The molecule has 0 saturated carbocycles. The molecule has 0 unspecified atom stereocenters. The number of nitrogens with one attached hydrogen (secondary N) is 1. The first-order valence-corrected chi connectivity index (χ1v) is 6.87. The number of carbonyl (C=O) groups is 1. The lowest BCUT2D eigenvalue weighted by atomic mass is 10.2. The number of aromatic nitrogens is 3. The zero-order valence-corrected chi connectivity index (χ0v) is 12.5. The highest BCUT2D eigenvalue weighted by Crippen LogP contribution is 2.28. The molecule has 0 amide bonds. The Bertz CT molecular complexity index is 799. The predicted molar refractivity (Wildman–Crippen MR) is 75.3 cm³/mol. The molecular weight excluding hydrogens is 350 g/mol. The molecule has 0 aliphatic heterocycles. The molecule has 9 heteroatoms. The maximum absolute atomic E-state index is 11.2. The summed E-state index contributed by atoms with van der Waals surface area (Å²) in [4.78, 5) is 37.5. The molecule has 2 aromatic rings. The summed E-state index contributed by atoms with van der Waals surface area (Å²) in [6.07, 6.45) is 0. The van der Waals surface area contributed by atoms with Crippen LogP contribution in [0.25, 0.3) is 0 Å². The van der Waals surface area contributed by atoms with Gasteiger partial charge in [0.2, 0.25) is 0 Å². The molecule has 1 aromatic heterocycles. The zero-order chi connectivity index (χ0) is 14.9. The van der Waals surface area contributed by atoms with Crippen molar-refractivity contribution in [3.63, 3.8) is 0 Å². The van der Waals surface area contributed by atoms with Gasteiger partial charge >= 0.3 is 17.1 Å². The summed E-state index contributed by atoms with van der Waals surface area (Å²) >= 11 is 4.29. The first-order chi connectivity index (χ1) is 9.36. The Balaban J connectivity index is 2.45. The lowest BCUT2D eigenvalue weighted by Gasteiger charge is -2.07. The van der Waals surface area contributed by atoms with E-state index in [1.807, 2.05) is 0 Å². The average Bonchev–Trinajstić information content (AvgIpc) is 2.35. The first-order valence-electron chi connectivity index (χ1n) is 5.26. The van der Waals surface area contributed by atoms with Crippen molar-refractivity contribution in [1.29, 1.82) is 0 Å². The number of benzene rings is 1. The fourth-order valence-electron chi connectivity index (χ4n) is 1.40. The second-order valence-corrected chi connectivity index (χ2v) is 5.74. The summed E-state index contributed by atoms with van der Waals surface area (Å²) in [6.45, 7) is 0. The fraction of sp³-hybridized carbons (Fsp3) is 0.0909. The summed E-state index contributed by atoms with van der Waals surface area (Å²) in [5, 5.41) is 11.6. The smallest absolute Gasteiger partial charge is 0.339 e. The van der Waals surface area contributed by atoms with Gasteiger partial charge in [0.25, 0.3) is 0 Å². The Morgan fingerprint density at radius 2 is 2.10 bits per heavy atom. The summed E-state index contributed by atoms with van der Waals surface area (Å²) in [5.41, 5.74) is -1.59. The molecule has 0 saturated heterocycles. The van der Waals surface area contributed by atoms with E-state index in [0.29, 0.717) is 9.37 Å². The Kier molecular flexibility index (Phi) is 4.09. The number of rotatable bonds is 3. The van der Waals surface area contributed by atoms with E-state index in [4.69, 9.17) is 5.11 Å². The number of nitrogens with zero attached hydrogens (tertiary/aromatic N) is 2. The average molecular weight is 358 g/mol. The SMILES string of the molecule is Cn1[nH]c(=O)c(=O)nc1Sc1cc(Br)cc(C(=O)O)c1. The molecule has 0 fully saturated rings. The van der Waals surface area contributed by atoms with Crippen LogP contribution in [0.5, 0.6) is 0 Å². The van der Waals surface area contributed by atoms with Gasteiger partial charge in [-0.05, 0) is 18.2 Å². The second kappa shape index (κ2) is 5.63. The van der Waals surface area contributed by atoms with Gasteiger partial charge in [-0.25, -0.2) is 4.79 Å². The molecule has 104 valence electrons. The number of hydrogen-bond donors (Lipinski definition) is 2. The molecule has 1 aromatic carbocycles. The van der Waals surface area contributed by atoms with Gasteiger partial charge in [-0.3, -0.25) is 19.4 Å². The number of aromatic carboxylic acids is 1. The van der Waals surface area contributed by atoms with Crippen molar-refractivity contribution in [2.75, 3.05) is 0 Å². The van der Waals surface area contributed by atoms with Crippen molar-refractivity contribution in [3.8, 4) is 0 Å². The zero-order valence-electron chi connectivity index (χ0n) is 10.1. The number of hydrogen-bond acceptors (Lipinski definition) is 5. The third-order valence-electron chi connectivity index (χ3n) is 2.27. The fourth-order valence-corrected chi connectivity index (χ4v) is 2.94. The predicted octanol–water partition coefficient (Wildman–Crippen LogP) is 1.08. The van der Waals surface area contributed by atoms with Gasteiger partial charge in [0.15, 0.2) is 5.16 Å². The topological polar surface area (TPSA) is 105 Å². The number of aromatic amines is 1. The Hall–Kier alpha value is -1.87. The number of halogens is 1. The van der Waals surface area contributed by atoms with E-state index in [2.05, 4.69) is 26.0 Å². The standard InChI is InChI=1S/C11H8BrN3O4S/c1-15-11(13-8(16)9(17)14-15)20-7-3-5(10(18)19)2-6(12)4-7/h2-4H,1H3,(H,14,17)(H,18,19). The second-order valence-electron chi connectivity index (χ2n) is 3.78. The number of carboxylic acids is 1. The van der Waals surface area contributed by atoms with Gasteiger partial charge < -0.3 is 5.11 Å². The minimum absolute atomic E-state index is 0.108. The maximum Gasteiger partial charge on any atom is 0.339 e. The number of H-pyrrole nitrogens is 1. The van der Waals surface area contributed by atoms with E-state index in [0.717, 1.165) is 11.8 Å². The van der Waals surface area contributed by atoms with E-state index in [1.54, 1.807) is 6.07 Å². The molecule has 0 atom stereocenters. The summed E-state index contributed by atoms with van der Waals surface area (Å²) in [6, 6.07) is 4.61. The molecule has 2 N–H and O–H groups in total. The molecule has 20 heavy (non-hydrogen) atoms. The van der Waals surface area contributed by atoms with Gasteiger partial charge in [0.05, 0.1) is 5.56 Å². The summed E-state index contributed by atoms with van der Waals surface area (Å²) in [7, 11) is 1.53. The molecule has 7 nitrogen and oxygen atoms in total. The van der Waals surface area contributed by atoms with Crippen LogP contribution in [0.1, 0.15) is 10.4 Å². The maximum atomic E-state index is 11.2. The van der Waals surface area contributed by atoms with E-state index >= 15 is 0 Å². The molecule has 2 rings (SSSR count). The quantitative estimate of drug-likeness (QED) is 0.796. The van der Waals surface area contributed by atoms with Gasteiger partial charge in [0, 0.05) is 16.4 Å². The highest BCUT2D eigenvalue weighted by Gasteiger charge is 2.10. The minimum Gasteiger partial charge on any atom is -0.478 e. The Morgan fingerprint density at radius 1 is 1.40 bits per heavy atom. The largest absolute Gasteiger partial charge is 0.478 e. The van der Waals surface area contributed by atoms with Crippen molar-refractivity contribution in [2.24, 2.45) is 7.05 Å². The molecule has 0 bridgehead atoms. The van der Waals surface area contributed by atoms with Crippen LogP contribution in [0.15, 0.2) is 42.3 Å². The summed E-state index contributed by atoms with van der Waals surface area (Å²) < 4.78 is 1.89. The lowest BCUT2D eigenvalue weighted by molar-refractivity contribution is 0.0696. The van der Waals surface area contributed by atoms with Crippen molar-refractivity contribution in [2.45, 2.75) is 10.1 Å². The summed E-state index contributed by atoms with van der Waals surface area (Å²) in [5.74, 6) is -1.06. The number of aryl methyl sites for hydroxylation is 1. The van der Waals surface area contributed by atoms with E-state index < -0.39 is 17.1 Å². The van der Waals surface area contributed by atoms with Crippen molar-refractivity contribution >= 4 is 33.7 Å². The van der Waals surface area contributed by atoms with Gasteiger partial charge in [0.1, 0.15) is 0 Å². The highest BCUT2D eigenvalue weighted by molar-refractivity contribution is 9.10. The highest BCUT2D eigenvalue weighted by atomic mass is 79.9. The van der Waals surface area contributed by atoms with Crippen molar-refractivity contribution in [3.05, 3.63) is 48.9 Å². The van der Waals surface area contributed by atoms with Crippen LogP contribution in [0.4, 0.5) is 0 Å². The monoisotopic (exact) mass is 357 g/mol. The molecular formula is C11H8BrN3O4S. The van der Waals surface area contributed by atoms with E-state index in [9.17, 15) is 14.4 Å². The third-order valence-corrected chi connectivity index (χ3v) is 3.75. The van der Waals surface area contributed by atoms with Crippen LogP contribution >= 0.6 is 27.7 Å². The Morgan fingerprint density at radius 3 is 2.75 bits per heavy atom. The van der Waals surface area contributed by atoms with Gasteiger partial charge in [-0.2, -0.15) is 4.98 Å². The van der Waals surface area contributed by atoms with Crippen LogP contribution in [0.2, 0.25) is 0 Å².